The summed E-state index contributed by atoms with van der Waals surface area (Å²) < 4.78 is 32.9. The minimum atomic E-state index is -4.40. The Hall–Kier alpha value is -3.59. The highest BCUT2D eigenvalue weighted by Crippen LogP contribution is 2.43. The quantitative estimate of drug-likeness (QED) is 0.0265. The number of allylic oxidation sites excluding steroid dienone is 20. The number of hydrogen-bond donors (Lipinski definition) is 2. The van der Waals surface area contributed by atoms with Gasteiger partial charge in [-0.05, 0) is 103 Å². The summed E-state index contributed by atoms with van der Waals surface area (Å²) >= 11 is 0. The maximum atomic E-state index is 12.7. The van der Waals surface area contributed by atoms with Crippen LogP contribution in [0, 0.1) is 0 Å². The van der Waals surface area contributed by atoms with E-state index in [1.54, 1.807) is 0 Å². The molecule has 0 aromatic carbocycles. The van der Waals surface area contributed by atoms with Gasteiger partial charge in [0.1, 0.15) is 6.61 Å². The molecule has 2 unspecified atom stereocenters. The molecule has 380 valence electrons. The van der Waals surface area contributed by atoms with Crippen molar-refractivity contribution in [2.45, 2.75) is 200 Å². The Labute approximate surface area is 409 Å². The average Bonchev–Trinajstić information content (AvgIpc) is 3.32. The summed E-state index contributed by atoms with van der Waals surface area (Å²) in [6, 6.07) is 0. The maximum absolute atomic E-state index is 12.7. The Bertz CT molecular complexity index is 1500. The smallest absolute Gasteiger partial charge is 0.462 e. The van der Waals surface area contributed by atoms with Crippen LogP contribution in [0.15, 0.2) is 122 Å². The molecule has 0 aliphatic rings. The van der Waals surface area contributed by atoms with Gasteiger partial charge in [-0.1, -0.05) is 200 Å². The van der Waals surface area contributed by atoms with E-state index in [1.807, 2.05) is 0 Å². The highest BCUT2D eigenvalue weighted by atomic mass is 31.2. The van der Waals surface area contributed by atoms with E-state index in [0.29, 0.717) is 12.8 Å². The van der Waals surface area contributed by atoms with Crippen molar-refractivity contribution in [3.8, 4) is 0 Å². The lowest BCUT2D eigenvalue weighted by Gasteiger charge is -2.19. The molecule has 0 rings (SSSR count). The summed E-state index contributed by atoms with van der Waals surface area (Å²) in [5.41, 5.74) is 5.36. The number of carbonyl (C=O) groups is 2. The van der Waals surface area contributed by atoms with E-state index in [-0.39, 0.29) is 32.6 Å². The molecule has 0 saturated heterocycles. The summed E-state index contributed by atoms with van der Waals surface area (Å²) in [5.74, 6) is -0.888. The van der Waals surface area contributed by atoms with Crippen LogP contribution in [-0.2, 0) is 32.7 Å². The molecule has 9 nitrogen and oxygen atoms in total. The normalized spacial score (nSPS) is 14.1. The minimum absolute atomic E-state index is 0.0412. The Morgan fingerprint density at radius 1 is 0.448 bits per heavy atom. The van der Waals surface area contributed by atoms with Crippen molar-refractivity contribution in [3.63, 3.8) is 0 Å². The van der Waals surface area contributed by atoms with Crippen molar-refractivity contribution in [3.05, 3.63) is 122 Å². The molecule has 0 bridgehead atoms. The molecule has 3 N–H and O–H groups in total. The molecule has 0 aliphatic carbocycles. The molecule has 0 spiro atoms. The summed E-state index contributed by atoms with van der Waals surface area (Å²) in [6.45, 7) is 3.44. The number of carbonyl (C=O) groups excluding carboxylic acids is 2. The van der Waals surface area contributed by atoms with Crippen molar-refractivity contribution >= 4 is 19.8 Å². The van der Waals surface area contributed by atoms with Gasteiger partial charge in [-0.2, -0.15) is 0 Å². The SMILES string of the molecule is CC/C=C\C/C=C\C/C=C\C/C=C\C/C=C\C/C=C\CCCCCCCCCCCCCCC(=O)OC(COC(=O)CCCC/C=C\C/C=C\C/C=C\C/C=C\CC)COP(=O)(O)OCCN. The fourth-order valence-electron chi connectivity index (χ4n) is 6.57. The first-order chi connectivity index (χ1) is 32.8. The van der Waals surface area contributed by atoms with E-state index in [1.165, 1.54) is 57.8 Å². The number of ether oxygens (including phenoxy) is 2. The first kappa shape index (κ1) is 63.4. The first-order valence-corrected chi connectivity index (χ1v) is 27.5. The van der Waals surface area contributed by atoms with Gasteiger partial charge in [0.05, 0.1) is 13.2 Å². The number of phosphoric ester groups is 1. The minimum Gasteiger partial charge on any atom is -0.462 e. The Kier molecular flexibility index (Phi) is 49.0. The van der Waals surface area contributed by atoms with Crippen LogP contribution in [0.25, 0.3) is 0 Å². The summed E-state index contributed by atoms with van der Waals surface area (Å²) in [7, 11) is -4.40. The van der Waals surface area contributed by atoms with Crippen molar-refractivity contribution < 1.29 is 37.6 Å². The van der Waals surface area contributed by atoms with Crippen LogP contribution < -0.4 is 5.73 Å². The van der Waals surface area contributed by atoms with Crippen LogP contribution in [0.1, 0.15) is 194 Å². The molecule has 0 saturated carbocycles. The first-order valence-electron chi connectivity index (χ1n) is 26.0. The van der Waals surface area contributed by atoms with Gasteiger partial charge in [0, 0.05) is 19.4 Å². The third-order valence-corrected chi connectivity index (χ3v) is 11.3. The van der Waals surface area contributed by atoms with Crippen LogP contribution in [0.2, 0.25) is 0 Å². The average molecular weight is 952 g/mol. The molecule has 0 aromatic rings. The monoisotopic (exact) mass is 952 g/mol. The van der Waals surface area contributed by atoms with Gasteiger partial charge in [0.2, 0.25) is 0 Å². The largest absolute Gasteiger partial charge is 0.472 e. The Morgan fingerprint density at radius 3 is 1.18 bits per heavy atom. The van der Waals surface area contributed by atoms with Crippen molar-refractivity contribution in [1.29, 1.82) is 0 Å². The number of nitrogens with two attached hydrogens (primary N) is 1. The fraction of sp³-hybridized carbons (Fsp3) is 0.614. The van der Waals surface area contributed by atoms with Gasteiger partial charge in [0.25, 0.3) is 0 Å². The van der Waals surface area contributed by atoms with Crippen molar-refractivity contribution in [1.82, 2.24) is 0 Å². The number of esters is 2. The molecule has 0 aromatic heterocycles. The van der Waals surface area contributed by atoms with Gasteiger partial charge >= 0.3 is 19.8 Å². The third-order valence-electron chi connectivity index (χ3n) is 10.3. The number of phosphoric acid groups is 1. The predicted octanol–water partition coefficient (Wildman–Crippen LogP) is 16.1. The number of hydrogen-bond acceptors (Lipinski definition) is 8. The molecule has 2 atom stereocenters. The zero-order valence-corrected chi connectivity index (χ0v) is 43.0. The molecule has 0 amide bonds. The molecular weight excluding hydrogens is 858 g/mol. The van der Waals surface area contributed by atoms with Crippen molar-refractivity contribution in [2.24, 2.45) is 5.73 Å². The van der Waals surface area contributed by atoms with Crippen molar-refractivity contribution in [2.75, 3.05) is 26.4 Å². The molecule has 67 heavy (non-hydrogen) atoms. The standard InChI is InChI=1S/C57H94NO8P/c1-3-5-7-9-11-13-15-17-19-20-21-22-23-24-25-26-27-28-29-30-31-32-33-34-36-38-40-42-44-46-48-50-57(60)66-55(54-65-67(61,62)64-52-51-58)53-63-56(59)49-47-45-43-41-39-37-35-18-16-14-12-10-8-6-4-2/h5-8,11-14,17-19,21-22,24-25,27-28,35,39,41,55H,3-4,9-10,15-16,20,23,26,29-34,36-38,40,42-54,58H2,1-2H3,(H,61,62)/b7-5-,8-6-,13-11-,14-12-,19-17-,22-21-,25-24-,28-27-,35-18-,41-39-. The second-order valence-corrected chi connectivity index (χ2v) is 18.1. The fourth-order valence-corrected chi connectivity index (χ4v) is 7.34. The molecule has 0 radical (unpaired) electrons. The van der Waals surface area contributed by atoms with E-state index in [4.69, 9.17) is 24.3 Å². The van der Waals surface area contributed by atoms with Crippen LogP contribution in [0.4, 0.5) is 0 Å². The van der Waals surface area contributed by atoms with Gasteiger partial charge in [-0.25, -0.2) is 4.57 Å². The van der Waals surface area contributed by atoms with E-state index < -0.39 is 32.5 Å². The van der Waals surface area contributed by atoms with E-state index in [0.717, 1.165) is 96.3 Å². The molecule has 0 heterocycles. The van der Waals surface area contributed by atoms with E-state index in [9.17, 15) is 19.0 Å². The van der Waals surface area contributed by atoms with Gasteiger partial charge < -0.3 is 20.1 Å². The third kappa shape index (κ3) is 51.6. The highest BCUT2D eigenvalue weighted by molar-refractivity contribution is 7.47. The second kappa shape index (κ2) is 51.8. The maximum Gasteiger partial charge on any atom is 0.472 e. The topological polar surface area (TPSA) is 134 Å². The van der Waals surface area contributed by atoms with Crippen LogP contribution >= 0.6 is 7.82 Å². The summed E-state index contributed by atoms with van der Waals surface area (Å²) in [6.07, 6.45) is 71.1. The van der Waals surface area contributed by atoms with Crippen LogP contribution in [0.3, 0.4) is 0 Å². The number of rotatable bonds is 47. The predicted molar refractivity (Wildman–Crippen MR) is 284 cm³/mol. The zero-order chi connectivity index (χ0) is 48.8. The summed E-state index contributed by atoms with van der Waals surface area (Å²) in [5, 5.41) is 0. The molecule has 0 fully saturated rings. The highest BCUT2D eigenvalue weighted by Gasteiger charge is 2.26. The Morgan fingerprint density at radius 2 is 0.776 bits per heavy atom. The number of unbranched alkanes of at least 4 members (excludes halogenated alkanes) is 14. The second-order valence-electron chi connectivity index (χ2n) is 16.6. The van der Waals surface area contributed by atoms with Gasteiger partial charge in [-0.3, -0.25) is 18.6 Å². The lowest BCUT2D eigenvalue weighted by Crippen LogP contribution is -2.29. The lowest BCUT2D eigenvalue weighted by atomic mass is 10.0. The molecular formula is C57H94NO8P. The molecule has 0 aliphatic heterocycles. The molecule has 10 heteroatoms. The van der Waals surface area contributed by atoms with E-state index in [2.05, 4.69) is 135 Å². The van der Waals surface area contributed by atoms with Gasteiger partial charge in [0.15, 0.2) is 6.10 Å². The van der Waals surface area contributed by atoms with Crippen LogP contribution in [-0.4, -0.2) is 49.3 Å². The zero-order valence-electron chi connectivity index (χ0n) is 42.1. The summed E-state index contributed by atoms with van der Waals surface area (Å²) in [4.78, 5) is 35.0. The van der Waals surface area contributed by atoms with Gasteiger partial charge in [-0.15, -0.1) is 0 Å². The van der Waals surface area contributed by atoms with E-state index >= 15 is 0 Å². The lowest BCUT2D eigenvalue weighted by molar-refractivity contribution is -0.161. The Balaban J connectivity index is 4.04. The van der Waals surface area contributed by atoms with Crippen LogP contribution in [0.5, 0.6) is 0 Å².